The van der Waals surface area contributed by atoms with Crippen LogP contribution in [0.3, 0.4) is 0 Å². The second kappa shape index (κ2) is 9.98. The Morgan fingerprint density at radius 3 is 2.68 bits per heavy atom. The van der Waals surface area contributed by atoms with Crippen molar-refractivity contribution in [3.8, 4) is 5.75 Å². The fourth-order valence-electron chi connectivity index (χ4n) is 2.61. The third-order valence-corrected chi connectivity index (χ3v) is 4.03. The first-order chi connectivity index (χ1) is 14.6. The molecule has 1 unspecified atom stereocenters. The summed E-state index contributed by atoms with van der Waals surface area (Å²) in [6.45, 7) is -0.839. The molecule has 0 saturated carbocycles. The summed E-state index contributed by atoms with van der Waals surface area (Å²) in [7, 11) is 0. The van der Waals surface area contributed by atoms with Crippen LogP contribution in [0.4, 0.5) is 13.2 Å². The molecule has 0 bridgehead atoms. The number of aryl methyl sites for hydroxylation is 1. The Bertz CT molecular complexity index is 1010. The van der Waals surface area contributed by atoms with E-state index in [4.69, 9.17) is 20.6 Å². The fourth-order valence-corrected chi connectivity index (χ4v) is 2.61. The Labute approximate surface area is 174 Å². The highest BCUT2D eigenvalue weighted by Crippen LogP contribution is 2.29. The summed E-state index contributed by atoms with van der Waals surface area (Å²) in [6, 6.07) is 3.18. The molecule has 1 aromatic carbocycles. The lowest BCUT2D eigenvalue weighted by Crippen LogP contribution is -2.46. The number of ether oxygens (including phenoxy) is 1. The summed E-state index contributed by atoms with van der Waals surface area (Å²) in [6.07, 6.45) is -2.25. The smallest absolute Gasteiger partial charge is 0.407 e. The minimum atomic E-state index is -4.47. The number of aliphatic imine (C=N–C) groups is 1. The average Bonchev–Trinajstić information content (AvgIpc) is 3.02. The van der Waals surface area contributed by atoms with Crippen LogP contribution in [-0.2, 0) is 4.79 Å². The van der Waals surface area contributed by atoms with Crippen molar-refractivity contribution in [2.45, 2.75) is 19.1 Å². The van der Waals surface area contributed by atoms with Gasteiger partial charge in [0.2, 0.25) is 5.91 Å². The quantitative estimate of drug-likeness (QED) is 0.428. The molecule has 12 heteroatoms. The summed E-state index contributed by atoms with van der Waals surface area (Å²) in [4.78, 5) is 27.3. The predicted molar refractivity (Wildman–Crippen MR) is 106 cm³/mol. The van der Waals surface area contributed by atoms with Crippen molar-refractivity contribution in [1.82, 2.24) is 5.32 Å². The number of benzene rings is 1. The van der Waals surface area contributed by atoms with E-state index >= 15 is 0 Å². The number of aliphatic hydroxyl groups is 1. The number of alkyl halides is 3. The van der Waals surface area contributed by atoms with Crippen LogP contribution in [0.15, 0.2) is 39.9 Å². The summed E-state index contributed by atoms with van der Waals surface area (Å²) in [5.74, 6) is -1.15. The molecule has 0 fully saturated rings. The first kappa shape index (κ1) is 23.7. The van der Waals surface area contributed by atoms with Crippen molar-refractivity contribution in [3.63, 3.8) is 0 Å². The van der Waals surface area contributed by atoms with Crippen LogP contribution in [0, 0.1) is 6.92 Å². The fraction of sp³-hybridized carbons (Fsp3) is 0.316. The maximum absolute atomic E-state index is 12.6. The molecule has 0 radical (unpaired) electrons. The Hall–Kier alpha value is -3.54. The molecule has 0 saturated heterocycles. The average molecular weight is 442 g/mol. The molecule has 2 rings (SSSR count). The van der Waals surface area contributed by atoms with Crippen LogP contribution in [0.2, 0.25) is 0 Å². The number of carbonyl (C=O) groups is 2. The Kier molecular flexibility index (Phi) is 7.64. The van der Waals surface area contributed by atoms with Gasteiger partial charge in [0.1, 0.15) is 36.3 Å². The van der Waals surface area contributed by atoms with Crippen LogP contribution in [0.25, 0.3) is 11.0 Å². The van der Waals surface area contributed by atoms with E-state index in [1.54, 1.807) is 0 Å². The zero-order valence-electron chi connectivity index (χ0n) is 16.4. The minimum absolute atomic E-state index is 0.0338. The number of halogens is 3. The number of furan rings is 1. The predicted octanol–water partition coefficient (Wildman–Crippen LogP) is 1.17. The molecule has 2 amide bonds. The highest BCUT2D eigenvalue weighted by atomic mass is 19.4. The standard InChI is InChI=1S/C19H21F3N4O5/c1-10-16(18(29)26-14(7-27)17(24)28)13-6-12(2-3-15(13)31-10)30-8-11(4-5-23)25-9-19(20,21)22/h2-6,14,27H,7-9,23H2,1H3,(H2,24,28)(H,26,29)/b5-4-,25-11?. The van der Waals surface area contributed by atoms with Gasteiger partial charge in [0.25, 0.3) is 5.91 Å². The van der Waals surface area contributed by atoms with E-state index in [0.717, 1.165) is 6.20 Å². The van der Waals surface area contributed by atoms with E-state index in [2.05, 4.69) is 10.3 Å². The SMILES string of the molecule is Cc1oc2ccc(OCC(/C=C\N)=NCC(F)(F)F)cc2c1C(=O)NC(CO)C(N)=O. The van der Waals surface area contributed by atoms with Gasteiger partial charge in [0, 0.05) is 5.39 Å². The lowest BCUT2D eigenvalue weighted by atomic mass is 10.1. The second-order valence-corrected chi connectivity index (χ2v) is 6.37. The van der Waals surface area contributed by atoms with E-state index in [9.17, 15) is 27.9 Å². The van der Waals surface area contributed by atoms with Crippen LogP contribution in [0.1, 0.15) is 16.1 Å². The Morgan fingerprint density at radius 2 is 2.10 bits per heavy atom. The maximum atomic E-state index is 12.6. The molecule has 1 heterocycles. The number of nitrogens with one attached hydrogen (secondary N) is 1. The number of fused-ring (bicyclic) bond motifs is 1. The number of aliphatic hydroxyl groups excluding tert-OH is 1. The number of carbonyl (C=O) groups excluding carboxylic acids is 2. The maximum Gasteiger partial charge on any atom is 0.407 e. The summed E-state index contributed by atoms with van der Waals surface area (Å²) in [5.41, 5.74) is 10.7. The van der Waals surface area contributed by atoms with Gasteiger partial charge in [-0.2, -0.15) is 13.2 Å². The molecule has 0 aliphatic rings. The summed E-state index contributed by atoms with van der Waals surface area (Å²) in [5, 5.41) is 11.8. The Balaban J connectivity index is 2.26. The highest BCUT2D eigenvalue weighted by molar-refractivity contribution is 6.08. The largest absolute Gasteiger partial charge is 0.487 e. The zero-order valence-corrected chi connectivity index (χ0v) is 16.4. The Morgan fingerprint density at radius 1 is 1.39 bits per heavy atom. The highest BCUT2D eigenvalue weighted by Gasteiger charge is 2.26. The number of nitrogens with zero attached hydrogens (tertiary/aromatic N) is 1. The monoisotopic (exact) mass is 442 g/mol. The second-order valence-electron chi connectivity index (χ2n) is 6.37. The van der Waals surface area contributed by atoms with Crippen molar-refractivity contribution >= 4 is 28.5 Å². The molecular formula is C19H21F3N4O5. The molecule has 2 aromatic rings. The van der Waals surface area contributed by atoms with Gasteiger partial charge in [-0.25, -0.2) is 0 Å². The summed E-state index contributed by atoms with van der Waals surface area (Å²) < 4.78 is 48.2. The van der Waals surface area contributed by atoms with E-state index in [0.29, 0.717) is 11.0 Å². The molecule has 1 atom stereocenters. The number of nitrogens with two attached hydrogens (primary N) is 2. The molecule has 0 aliphatic carbocycles. The lowest BCUT2D eigenvalue weighted by Gasteiger charge is -2.12. The van der Waals surface area contributed by atoms with E-state index < -0.39 is 37.2 Å². The van der Waals surface area contributed by atoms with Gasteiger partial charge in [-0.05, 0) is 37.4 Å². The van der Waals surface area contributed by atoms with Crippen LogP contribution in [0.5, 0.6) is 5.75 Å². The van der Waals surface area contributed by atoms with Gasteiger partial charge in [-0.3, -0.25) is 14.6 Å². The molecule has 0 aliphatic heterocycles. The minimum Gasteiger partial charge on any atom is -0.487 e. The van der Waals surface area contributed by atoms with Crippen molar-refractivity contribution in [3.05, 3.63) is 41.8 Å². The summed E-state index contributed by atoms with van der Waals surface area (Å²) >= 11 is 0. The molecule has 168 valence electrons. The molecule has 31 heavy (non-hydrogen) atoms. The zero-order chi connectivity index (χ0) is 23.2. The molecule has 6 N–H and O–H groups in total. The van der Waals surface area contributed by atoms with Crippen LogP contribution < -0.4 is 21.5 Å². The number of primary amides is 1. The third-order valence-electron chi connectivity index (χ3n) is 4.03. The number of hydrogen-bond acceptors (Lipinski definition) is 7. The first-order valence-corrected chi connectivity index (χ1v) is 8.91. The number of rotatable bonds is 9. The topological polar surface area (TPSA) is 153 Å². The van der Waals surface area contributed by atoms with Crippen molar-refractivity contribution in [2.75, 3.05) is 19.8 Å². The van der Waals surface area contributed by atoms with Gasteiger partial charge in [0.05, 0.1) is 17.9 Å². The molecule has 9 nitrogen and oxygen atoms in total. The van der Waals surface area contributed by atoms with E-state index in [1.807, 2.05) is 0 Å². The van der Waals surface area contributed by atoms with Gasteiger partial charge in [0.15, 0.2) is 0 Å². The lowest BCUT2D eigenvalue weighted by molar-refractivity contribution is -0.120. The number of hydrogen-bond donors (Lipinski definition) is 4. The van der Waals surface area contributed by atoms with Crippen molar-refractivity contribution in [2.24, 2.45) is 16.5 Å². The first-order valence-electron chi connectivity index (χ1n) is 8.91. The molecule has 1 aromatic heterocycles. The van der Waals surface area contributed by atoms with Gasteiger partial charge in [-0.1, -0.05) is 0 Å². The van der Waals surface area contributed by atoms with E-state index in [1.165, 1.54) is 31.2 Å². The van der Waals surface area contributed by atoms with Gasteiger partial charge >= 0.3 is 6.18 Å². The van der Waals surface area contributed by atoms with Gasteiger partial charge in [-0.15, -0.1) is 0 Å². The molecular weight excluding hydrogens is 421 g/mol. The number of amides is 2. The normalized spacial score (nSPS) is 13.5. The van der Waals surface area contributed by atoms with Crippen LogP contribution >= 0.6 is 0 Å². The van der Waals surface area contributed by atoms with Gasteiger partial charge < -0.3 is 31.0 Å². The third kappa shape index (κ3) is 6.47. The van der Waals surface area contributed by atoms with Crippen LogP contribution in [-0.4, -0.2) is 54.6 Å². The van der Waals surface area contributed by atoms with E-state index in [-0.39, 0.29) is 29.4 Å². The van der Waals surface area contributed by atoms with Crippen molar-refractivity contribution in [1.29, 1.82) is 0 Å². The van der Waals surface area contributed by atoms with Crippen molar-refractivity contribution < 1.29 is 37.0 Å². The molecule has 0 spiro atoms.